The Kier molecular flexibility index (Phi) is 5.05. The Bertz CT molecular complexity index is 692. The lowest BCUT2D eigenvalue weighted by Gasteiger charge is -2.29. The van der Waals surface area contributed by atoms with Crippen molar-refractivity contribution in [2.24, 2.45) is 5.10 Å². The highest BCUT2D eigenvalue weighted by Gasteiger charge is 2.11. The number of aryl methyl sites for hydroxylation is 1. The van der Waals surface area contributed by atoms with Gasteiger partial charge in [-0.3, -0.25) is 4.79 Å². The van der Waals surface area contributed by atoms with Crippen LogP contribution in [-0.4, -0.2) is 38.4 Å². The number of rotatable bonds is 4. The van der Waals surface area contributed by atoms with Crippen molar-refractivity contribution in [2.75, 3.05) is 31.2 Å². The molecule has 1 aromatic carbocycles. The van der Waals surface area contributed by atoms with Crippen molar-refractivity contribution in [3.8, 4) is 0 Å². The maximum atomic E-state index is 11.8. The molecule has 0 spiro atoms. The summed E-state index contributed by atoms with van der Waals surface area (Å²) in [5, 5.41) is 5.92. The van der Waals surface area contributed by atoms with Crippen LogP contribution in [0.1, 0.15) is 20.8 Å². The van der Waals surface area contributed by atoms with E-state index in [4.69, 9.17) is 4.74 Å². The highest BCUT2D eigenvalue weighted by Crippen LogP contribution is 2.19. The van der Waals surface area contributed by atoms with Gasteiger partial charge in [-0.15, -0.1) is 11.3 Å². The fraction of sp³-hybridized carbons (Fsp3) is 0.294. The molecule has 6 heteroatoms. The van der Waals surface area contributed by atoms with Crippen LogP contribution < -0.4 is 10.3 Å². The minimum atomic E-state index is -0.182. The summed E-state index contributed by atoms with van der Waals surface area (Å²) < 4.78 is 5.38. The zero-order valence-corrected chi connectivity index (χ0v) is 13.8. The molecule has 2 heterocycles. The molecular formula is C17H19N3O2S. The lowest BCUT2D eigenvalue weighted by atomic mass is 10.1. The van der Waals surface area contributed by atoms with Gasteiger partial charge in [-0.25, -0.2) is 5.43 Å². The minimum Gasteiger partial charge on any atom is -0.378 e. The quantitative estimate of drug-likeness (QED) is 0.693. The van der Waals surface area contributed by atoms with E-state index in [1.165, 1.54) is 17.0 Å². The van der Waals surface area contributed by atoms with E-state index in [2.05, 4.69) is 27.6 Å². The van der Waals surface area contributed by atoms with Crippen LogP contribution in [0.15, 0.2) is 40.8 Å². The average molecular weight is 329 g/mol. The Morgan fingerprint density at radius 3 is 2.87 bits per heavy atom. The standard InChI is InChI=1S/C17H19N3O2S/c1-13-11-15(20-6-8-22-9-7-20)5-4-14(13)12-18-19-17(21)16-3-2-10-23-16/h2-5,10-12H,6-9H2,1H3,(H,19,21)/b18-12+. The van der Waals surface area contributed by atoms with Crippen LogP contribution in [0.4, 0.5) is 5.69 Å². The number of amides is 1. The summed E-state index contributed by atoms with van der Waals surface area (Å²) in [5.41, 5.74) is 5.87. The summed E-state index contributed by atoms with van der Waals surface area (Å²) in [4.78, 5) is 14.8. The zero-order valence-electron chi connectivity index (χ0n) is 13.0. The molecule has 0 radical (unpaired) electrons. The number of carbonyl (C=O) groups is 1. The number of benzene rings is 1. The van der Waals surface area contributed by atoms with Crippen LogP contribution in [0.25, 0.3) is 0 Å². The molecular weight excluding hydrogens is 310 g/mol. The number of carbonyl (C=O) groups excluding carboxylic acids is 1. The molecule has 3 rings (SSSR count). The van der Waals surface area contributed by atoms with Gasteiger partial charge in [0.2, 0.25) is 0 Å². The van der Waals surface area contributed by atoms with Crippen molar-refractivity contribution >= 4 is 29.1 Å². The van der Waals surface area contributed by atoms with E-state index in [0.717, 1.165) is 37.4 Å². The summed E-state index contributed by atoms with van der Waals surface area (Å²) in [7, 11) is 0. The minimum absolute atomic E-state index is 0.182. The topological polar surface area (TPSA) is 53.9 Å². The average Bonchev–Trinajstić information content (AvgIpc) is 3.11. The van der Waals surface area contributed by atoms with Crippen molar-refractivity contribution in [1.82, 2.24) is 5.43 Å². The van der Waals surface area contributed by atoms with Gasteiger partial charge in [-0.05, 0) is 41.6 Å². The van der Waals surface area contributed by atoms with Crippen molar-refractivity contribution in [1.29, 1.82) is 0 Å². The van der Waals surface area contributed by atoms with Crippen LogP contribution in [-0.2, 0) is 4.74 Å². The number of anilines is 1. The Morgan fingerprint density at radius 1 is 1.35 bits per heavy atom. The first kappa shape index (κ1) is 15.7. The molecule has 1 amide bonds. The summed E-state index contributed by atoms with van der Waals surface area (Å²) in [6, 6.07) is 9.88. The van der Waals surface area contributed by atoms with Gasteiger partial charge < -0.3 is 9.64 Å². The predicted octanol–water partition coefficient (Wildman–Crippen LogP) is 2.66. The lowest BCUT2D eigenvalue weighted by molar-refractivity contribution is 0.0959. The fourth-order valence-corrected chi connectivity index (χ4v) is 3.06. The molecule has 0 unspecified atom stereocenters. The fourth-order valence-electron chi connectivity index (χ4n) is 2.45. The maximum Gasteiger partial charge on any atom is 0.281 e. The number of hydrogen-bond donors (Lipinski definition) is 1. The monoisotopic (exact) mass is 329 g/mol. The first-order chi connectivity index (χ1) is 11.2. The third kappa shape index (κ3) is 3.97. The molecule has 1 N–H and O–H groups in total. The summed E-state index contributed by atoms with van der Waals surface area (Å²) >= 11 is 1.40. The highest BCUT2D eigenvalue weighted by molar-refractivity contribution is 7.12. The first-order valence-corrected chi connectivity index (χ1v) is 8.42. The third-order valence-electron chi connectivity index (χ3n) is 3.74. The molecule has 0 saturated carbocycles. The van der Waals surface area contributed by atoms with Gasteiger partial charge in [0.05, 0.1) is 24.3 Å². The van der Waals surface area contributed by atoms with Gasteiger partial charge in [-0.2, -0.15) is 5.10 Å². The molecule has 5 nitrogen and oxygen atoms in total. The molecule has 1 fully saturated rings. The van der Waals surface area contributed by atoms with E-state index in [-0.39, 0.29) is 5.91 Å². The van der Waals surface area contributed by atoms with E-state index < -0.39 is 0 Å². The van der Waals surface area contributed by atoms with Gasteiger partial charge in [0, 0.05) is 18.8 Å². The summed E-state index contributed by atoms with van der Waals surface area (Å²) in [6.45, 7) is 5.44. The van der Waals surface area contributed by atoms with Crippen LogP contribution in [0.2, 0.25) is 0 Å². The number of morpholine rings is 1. The molecule has 0 bridgehead atoms. The van der Waals surface area contributed by atoms with Gasteiger partial charge in [-0.1, -0.05) is 12.1 Å². The largest absolute Gasteiger partial charge is 0.378 e. The van der Waals surface area contributed by atoms with Gasteiger partial charge in [0.15, 0.2) is 0 Å². The van der Waals surface area contributed by atoms with Crippen LogP contribution in [0.5, 0.6) is 0 Å². The van der Waals surface area contributed by atoms with Crippen molar-refractivity contribution in [2.45, 2.75) is 6.92 Å². The number of thiophene rings is 1. The second-order valence-electron chi connectivity index (χ2n) is 5.32. The molecule has 1 aliphatic rings. The van der Waals surface area contributed by atoms with E-state index in [9.17, 15) is 4.79 Å². The summed E-state index contributed by atoms with van der Waals surface area (Å²) in [5.74, 6) is -0.182. The van der Waals surface area contributed by atoms with Crippen molar-refractivity contribution in [3.05, 3.63) is 51.7 Å². The Hall–Kier alpha value is -2.18. The Morgan fingerprint density at radius 2 is 2.17 bits per heavy atom. The number of nitrogens with one attached hydrogen (secondary N) is 1. The molecule has 0 atom stereocenters. The molecule has 1 aliphatic heterocycles. The van der Waals surface area contributed by atoms with Crippen LogP contribution >= 0.6 is 11.3 Å². The number of nitrogens with zero attached hydrogens (tertiary/aromatic N) is 2. The molecule has 1 aromatic heterocycles. The van der Waals surface area contributed by atoms with Crippen molar-refractivity contribution < 1.29 is 9.53 Å². The van der Waals surface area contributed by atoms with E-state index >= 15 is 0 Å². The maximum absolute atomic E-state index is 11.8. The van der Waals surface area contributed by atoms with Gasteiger partial charge >= 0.3 is 0 Å². The zero-order chi connectivity index (χ0) is 16.1. The SMILES string of the molecule is Cc1cc(N2CCOCC2)ccc1/C=N/NC(=O)c1cccs1. The molecule has 23 heavy (non-hydrogen) atoms. The molecule has 1 saturated heterocycles. The second kappa shape index (κ2) is 7.39. The van der Waals surface area contributed by atoms with Crippen LogP contribution in [0.3, 0.4) is 0 Å². The summed E-state index contributed by atoms with van der Waals surface area (Å²) in [6.07, 6.45) is 1.68. The van der Waals surface area contributed by atoms with E-state index in [0.29, 0.717) is 4.88 Å². The van der Waals surface area contributed by atoms with Gasteiger partial charge in [0.1, 0.15) is 0 Å². The molecule has 120 valence electrons. The van der Waals surface area contributed by atoms with Crippen LogP contribution in [0, 0.1) is 6.92 Å². The number of hydrazone groups is 1. The van der Waals surface area contributed by atoms with E-state index in [1.807, 2.05) is 24.4 Å². The second-order valence-corrected chi connectivity index (χ2v) is 6.26. The first-order valence-electron chi connectivity index (χ1n) is 7.54. The molecule has 2 aromatic rings. The lowest BCUT2D eigenvalue weighted by Crippen LogP contribution is -2.36. The smallest absolute Gasteiger partial charge is 0.281 e. The highest BCUT2D eigenvalue weighted by atomic mass is 32.1. The third-order valence-corrected chi connectivity index (χ3v) is 4.61. The van der Waals surface area contributed by atoms with Gasteiger partial charge in [0.25, 0.3) is 5.91 Å². The Labute approximate surface area is 139 Å². The number of hydrogen-bond acceptors (Lipinski definition) is 5. The molecule has 0 aliphatic carbocycles. The van der Waals surface area contributed by atoms with E-state index in [1.54, 1.807) is 12.3 Å². The normalized spacial score (nSPS) is 15.1. The predicted molar refractivity (Wildman–Crippen MR) is 93.6 cm³/mol. The Balaban J connectivity index is 1.63. The number of ether oxygens (including phenoxy) is 1. The van der Waals surface area contributed by atoms with Crippen molar-refractivity contribution in [3.63, 3.8) is 0 Å².